The molecule has 0 aliphatic carbocycles. The van der Waals surface area contributed by atoms with E-state index in [4.69, 9.17) is 11.6 Å². The number of hydrogen-bond acceptors (Lipinski definition) is 7. The predicted octanol–water partition coefficient (Wildman–Crippen LogP) is 3.79. The quantitative estimate of drug-likeness (QED) is 0.377. The van der Waals surface area contributed by atoms with Crippen molar-refractivity contribution in [1.29, 1.82) is 0 Å². The second kappa shape index (κ2) is 11.4. The van der Waals surface area contributed by atoms with Crippen LogP contribution in [0.25, 0.3) is 0 Å². The second-order valence-electron chi connectivity index (χ2n) is 9.56. The molecule has 2 fully saturated rings. The molecule has 0 atom stereocenters. The molecule has 210 valence electrons. The van der Waals surface area contributed by atoms with Crippen molar-refractivity contribution in [3.63, 3.8) is 0 Å². The van der Waals surface area contributed by atoms with Crippen LogP contribution in [0.5, 0.6) is 0 Å². The Balaban J connectivity index is 1.53. The smallest absolute Gasteiger partial charge is 0.266 e. The molecule has 0 bridgehead atoms. The lowest BCUT2D eigenvalue weighted by atomic mass is 10.1. The summed E-state index contributed by atoms with van der Waals surface area (Å²) < 4.78 is 55.2. The van der Waals surface area contributed by atoms with Gasteiger partial charge in [0.1, 0.15) is 5.82 Å². The molecule has 3 heterocycles. The Bertz CT molecular complexity index is 1550. The highest BCUT2D eigenvalue weighted by Gasteiger charge is 2.32. The van der Waals surface area contributed by atoms with Crippen molar-refractivity contribution in [3.05, 3.63) is 83.0 Å². The topological polar surface area (TPSA) is 125 Å². The maximum Gasteiger partial charge on any atom is 0.266 e. The number of carbonyl (C=O) groups excluding carboxylic acids is 2. The third kappa shape index (κ3) is 5.54. The van der Waals surface area contributed by atoms with Crippen LogP contribution in [0.2, 0.25) is 5.02 Å². The van der Waals surface area contributed by atoms with Crippen LogP contribution in [0.15, 0.2) is 76.7 Å². The summed E-state index contributed by atoms with van der Waals surface area (Å²) in [4.78, 5) is 32.5. The molecule has 1 aromatic heterocycles. The minimum absolute atomic E-state index is 0.0498. The molecule has 13 heteroatoms. The fourth-order valence-electron chi connectivity index (χ4n) is 4.79. The molecular weight excluding hydrogens is 576 g/mol. The van der Waals surface area contributed by atoms with Gasteiger partial charge in [-0.05, 0) is 74.2 Å². The van der Waals surface area contributed by atoms with Gasteiger partial charge in [0.05, 0.1) is 14.8 Å². The summed E-state index contributed by atoms with van der Waals surface area (Å²) in [6.45, 7) is 1.60. The van der Waals surface area contributed by atoms with Gasteiger partial charge in [0, 0.05) is 43.5 Å². The number of amides is 2. The van der Waals surface area contributed by atoms with Crippen molar-refractivity contribution in [2.24, 2.45) is 0 Å². The summed E-state index contributed by atoms with van der Waals surface area (Å²) >= 11 is 5.98. The van der Waals surface area contributed by atoms with Gasteiger partial charge in [-0.25, -0.2) is 26.7 Å². The maximum atomic E-state index is 13.8. The van der Waals surface area contributed by atoms with Crippen LogP contribution in [0, 0.1) is 0 Å². The fourth-order valence-corrected chi connectivity index (χ4v) is 8.03. The molecule has 5 rings (SSSR count). The zero-order valence-electron chi connectivity index (χ0n) is 21.4. The zero-order valence-corrected chi connectivity index (χ0v) is 23.8. The molecule has 3 aromatic rings. The third-order valence-corrected chi connectivity index (χ3v) is 10.9. The molecular formula is C27H27ClN4O6S2. The predicted molar refractivity (Wildman–Crippen MR) is 149 cm³/mol. The van der Waals surface area contributed by atoms with Gasteiger partial charge in [-0.15, -0.1) is 0 Å². The lowest BCUT2D eigenvalue weighted by molar-refractivity contribution is 0.0896. The second-order valence-corrected chi connectivity index (χ2v) is 13.9. The van der Waals surface area contributed by atoms with Gasteiger partial charge in [0.2, 0.25) is 20.0 Å². The zero-order chi connectivity index (χ0) is 28.5. The van der Waals surface area contributed by atoms with Crippen LogP contribution >= 0.6 is 11.6 Å². The number of sulfonamides is 2. The van der Waals surface area contributed by atoms with Gasteiger partial charge in [0.25, 0.3) is 11.8 Å². The van der Waals surface area contributed by atoms with Gasteiger partial charge in [-0.3, -0.25) is 9.59 Å². The van der Waals surface area contributed by atoms with E-state index in [-0.39, 0.29) is 31.8 Å². The number of hydrogen-bond donors (Lipinski definition) is 0. The molecule has 0 radical (unpaired) electrons. The van der Waals surface area contributed by atoms with E-state index < -0.39 is 31.9 Å². The van der Waals surface area contributed by atoms with Crippen molar-refractivity contribution in [2.75, 3.05) is 31.1 Å². The lowest BCUT2D eigenvalue weighted by Gasteiger charge is -2.22. The van der Waals surface area contributed by atoms with E-state index >= 15 is 0 Å². The van der Waals surface area contributed by atoms with Crippen LogP contribution in [0.1, 0.15) is 46.4 Å². The van der Waals surface area contributed by atoms with Crippen LogP contribution in [0.3, 0.4) is 0 Å². The van der Waals surface area contributed by atoms with Gasteiger partial charge in [-0.2, -0.15) is 8.61 Å². The summed E-state index contributed by atoms with van der Waals surface area (Å²) in [5.74, 6) is -1.71. The van der Waals surface area contributed by atoms with Gasteiger partial charge in [0.15, 0.2) is 0 Å². The third-order valence-electron chi connectivity index (χ3n) is 6.91. The molecule has 0 unspecified atom stereocenters. The number of pyridine rings is 1. The minimum atomic E-state index is -3.82. The van der Waals surface area contributed by atoms with Crippen molar-refractivity contribution in [1.82, 2.24) is 13.6 Å². The summed E-state index contributed by atoms with van der Waals surface area (Å²) in [5, 5.41) is 0.279. The summed E-state index contributed by atoms with van der Waals surface area (Å²) in [7, 11) is -7.64. The van der Waals surface area contributed by atoms with E-state index in [9.17, 15) is 26.4 Å². The van der Waals surface area contributed by atoms with Crippen molar-refractivity contribution < 1.29 is 26.4 Å². The summed E-state index contributed by atoms with van der Waals surface area (Å²) in [6.07, 6.45) is 4.31. The normalized spacial score (nSPS) is 16.7. The SMILES string of the molecule is O=C(c1cccc(S(=O)(=O)N2CCCC2)c1)N(C(=O)c1cccc(S(=O)(=O)N2CCCC2)c1)c1ccc(Cl)cn1. The highest BCUT2D eigenvalue weighted by Crippen LogP contribution is 2.26. The van der Waals surface area contributed by atoms with Crippen molar-refractivity contribution >= 4 is 49.3 Å². The molecule has 2 aromatic carbocycles. The fraction of sp³-hybridized carbons (Fsp3) is 0.296. The molecule has 2 aliphatic rings. The number of benzene rings is 2. The first kappa shape index (κ1) is 28.4. The highest BCUT2D eigenvalue weighted by molar-refractivity contribution is 7.89. The van der Waals surface area contributed by atoms with E-state index in [2.05, 4.69) is 4.98 Å². The molecule has 0 saturated carbocycles. The number of imide groups is 1. The van der Waals surface area contributed by atoms with E-state index in [1.54, 1.807) is 0 Å². The summed E-state index contributed by atoms with van der Waals surface area (Å²) in [6, 6.07) is 13.8. The van der Waals surface area contributed by atoms with Gasteiger partial charge < -0.3 is 0 Å². The number of halogens is 1. The van der Waals surface area contributed by atoms with Gasteiger partial charge >= 0.3 is 0 Å². The molecule has 2 amide bonds. The van der Waals surface area contributed by atoms with Crippen molar-refractivity contribution in [2.45, 2.75) is 35.5 Å². The number of nitrogens with zero attached hydrogens (tertiary/aromatic N) is 4. The first-order chi connectivity index (χ1) is 19.1. The van der Waals surface area contributed by atoms with Crippen LogP contribution in [-0.2, 0) is 20.0 Å². The van der Waals surface area contributed by atoms with E-state index in [1.807, 2.05) is 0 Å². The number of aromatic nitrogens is 1. The number of anilines is 1. The lowest BCUT2D eigenvalue weighted by Crippen LogP contribution is -2.38. The molecule has 0 N–H and O–H groups in total. The molecule has 0 spiro atoms. The Kier molecular flexibility index (Phi) is 8.07. The Morgan fingerprint density at radius 1 is 0.700 bits per heavy atom. The Morgan fingerprint density at radius 2 is 1.15 bits per heavy atom. The molecule has 10 nitrogen and oxygen atoms in total. The molecule has 2 aliphatic heterocycles. The maximum absolute atomic E-state index is 13.8. The van der Waals surface area contributed by atoms with E-state index in [1.165, 1.54) is 75.5 Å². The van der Waals surface area contributed by atoms with Gasteiger partial charge in [-0.1, -0.05) is 23.7 Å². The first-order valence-electron chi connectivity index (χ1n) is 12.8. The number of rotatable bonds is 7. The van der Waals surface area contributed by atoms with Crippen LogP contribution in [0.4, 0.5) is 5.82 Å². The Hall–Kier alpha value is -3.16. The largest absolute Gasteiger partial charge is 0.268 e. The first-order valence-corrected chi connectivity index (χ1v) is 16.1. The monoisotopic (exact) mass is 602 g/mol. The van der Waals surface area contributed by atoms with E-state index in [0.29, 0.717) is 26.2 Å². The average molecular weight is 603 g/mol. The number of carbonyl (C=O) groups is 2. The molecule has 2 saturated heterocycles. The minimum Gasteiger partial charge on any atom is -0.268 e. The standard InChI is InChI=1S/C27H27ClN4O6S2/c28-22-11-12-25(29-19-22)32(26(33)20-7-5-9-23(17-20)39(35,36)30-13-1-2-14-30)27(34)21-8-6-10-24(18-21)40(37,38)31-15-3-4-16-31/h5-12,17-19H,1-4,13-16H2. The van der Waals surface area contributed by atoms with Crippen molar-refractivity contribution in [3.8, 4) is 0 Å². The van der Waals surface area contributed by atoms with Crippen LogP contribution in [-0.4, -0.2) is 68.4 Å². The Morgan fingerprint density at radius 3 is 1.55 bits per heavy atom. The highest BCUT2D eigenvalue weighted by atomic mass is 35.5. The molecule has 40 heavy (non-hydrogen) atoms. The Labute approximate surface area is 238 Å². The average Bonchev–Trinajstić information content (AvgIpc) is 3.70. The van der Waals surface area contributed by atoms with E-state index in [0.717, 1.165) is 30.6 Å². The van der Waals surface area contributed by atoms with Crippen LogP contribution < -0.4 is 4.90 Å². The summed E-state index contributed by atoms with van der Waals surface area (Å²) in [5.41, 5.74) is -0.0996.